The highest BCUT2D eigenvalue weighted by atomic mass is 35.5. The molecule has 1 rings (SSSR count). The molecule has 0 aliphatic rings. The summed E-state index contributed by atoms with van der Waals surface area (Å²) < 4.78 is 5.90. The number of aromatic nitrogens is 3. The van der Waals surface area contributed by atoms with Crippen molar-refractivity contribution in [2.45, 2.75) is 19.9 Å². The lowest BCUT2D eigenvalue weighted by atomic mass is 10.4. The molecule has 2 N–H and O–H groups in total. The molecule has 1 aromatic rings. The zero-order chi connectivity index (χ0) is 10.9. The summed E-state index contributed by atoms with van der Waals surface area (Å²) >= 11 is 9.95. The Morgan fingerprint density at radius 2 is 2.14 bits per heavy atom. The third kappa shape index (κ3) is 3.18. The highest BCUT2D eigenvalue weighted by Gasteiger charge is 2.17. The van der Waals surface area contributed by atoms with Crippen molar-refractivity contribution in [3.63, 3.8) is 0 Å². The molecule has 0 bridgehead atoms. The van der Waals surface area contributed by atoms with E-state index in [0.717, 1.165) is 0 Å². The lowest BCUT2D eigenvalue weighted by molar-refractivity contribution is 0.355. The zero-order valence-corrected chi connectivity index (χ0v) is 9.92. The molecule has 14 heavy (non-hydrogen) atoms. The standard InChI is InChI=1S/C5H9ClN3O3PS/c1-3(2)9-4(6)7-5(8-9)12-13(10,11)14/h3H,1-2H3,(H2,10,11,14). The van der Waals surface area contributed by atoms with Gasteiger partial charge in [0.2, 0.25) is 5.28 Å². The Morgan fingerprint density at radius 3 is 2.50 bits per heavy atom. The van der Waals surface area contributed by atoms with Crippen LogP contribution in [0.2, 0.25) is 5.28 Å². The first kappa shape index (κ1) is 11.9. The lowest BCUT2D eigenvalue weighted by Gasteiger charge is -2.05. The molecule has 0 saturated heterocycles. The maximum absolute atomic E-state index is 8.84. The van der Waals surface area contributed by atoms with Crippen molar-refractivity contribution < 1.29 is 14.3 Å². The molecule has 0 radical (unpaired) electrons. The van der Waals surface area contributed by atoms with Crippen LogP contribution in [0.5, 0.6) is 6.01 Å². The molecule has 0 unspecified atom stereocenters. The van der Waals surface area contributed by atoms with Gasteiger partial charge in [-0.05, 0) is 25.4 Å². The van der Waals surface area contributed by atoms with Crippen LogP contribution < -0.4 is 4.52 Å². The molecular formula is C5H9ClN3O3PS. The Morgan fingerprint density at radius 1 is 1.57 bits per heavy atom. The van der Waals surface area contributed by atoms with Gasteiger partial charge in [0.1, 0.15) is 0 Å². The summed E-state index contributed by atoms with van der Waals surface area (Å²) in [5, 5.41) is 3.90. The van der Waals surface area contributed by atoms with Crippen LogP contribution >= 0.6 is 18.3 Å². The fourth-order valence-electron chi connectivity index (χ4n) is 0.759. The molecule has 0 aromatic carbocycles. The summed E-state index contributed by atoms with van der Waals surface area (Å²) in [5.41, 5.74) is 0. The normalized spacial score (nSPS) is 12.1. The monoisotopic (exact) mass is 257 g/mol. The van der Waals surface area contributed by atoms with E-state index in [2.05, 4.69) is 26.4 Å². The Balaban J connectivity index is 2.92. The van der Waals surface area contributed by atoms with Gasteiger partial charge in [0.05, 0.1) is 0 Å². The first-order chi connectivity index (χ1) is 6.29. The van der Waals surface area contributed by atoms with E-state index in [1.54, 1.807) is 0 Å². The predicted octanol–water partition coefficient (Wildman–Crippen LogP) is 1.10. The fourth-order valence-corrected chi connectivity index (χ4v) is 1.55. The van der Waals surface area contributed by atoms with Gasteiger partial charge in [-0.25, -0.2) is 4.68 Å². The Hall–Kier alpha value is -0.200. The second-order valence-electron chi connectivity index (χ2n) is 2.78. The van der Waals surface area contributed by atoms with Gasteiger partial charge in [-0.15, -0.1) is 5.10 Å². The van der Waals surface area contributed by atoms with E-state index >= 15 is 0 Å². The molecule has 0 aliphatic carbocycles. The van der Waals surface area contributed by atoms with Crippen LogP contribution in [-0.2, 0) is 11.8 Å². The maximum Gasteiger partial charge on any atom is 0.377 e. The molecule has 1 aromatic heterocycles. The Labute approximate surface area is 90.7 Å². The average Bonchev–Trinajstić information content (AvgIpc) is 2.26. The summed E-state index contributed by atoms with van der Waals surface area (Å²) in [5.74, 6) is 0. The molecule has 0 aliphatic heterocycles. The molecule has 6 nitrogen and oxygen atoms in total. The molecule has 0 saturated carbocycles. The minimum absolute atomic E-state index is 0.00240. The molecule has 9 heteroatoms. The van der Waals surface area contributed by atoms with Crippen LogP contribution in [0, 0.1) is 0 Å². The lowest BCUT2D eigenvalue weighted by Crippen LogP contribution is -2.03. The topological polar surface area (TPSA) is 80.4 Å². The minimum atomic E-state index is -3.79. The molecule has 80 valence electrons. The van der Waals surface area contributed by atoms with Gasteiger partial charge in [-0.1, -0.05) is 0 Å². The highest BCUT2D eigenvalue weighted by molar-refractivity contribution is 8.06. The zero-order valence-electron chi connectivity index (χ0n) is 7.46. The molecule has 0 atom stereocenters. The van der Waals surface area contributed by atoms with Crippen LogP contribution in [0.3, 0.4) is 0 Å². The number of hydrogen-bond donors (Lipinski definition) is 2. The predicted molar refractivity (Wildman–Crippen MR) is 54.8 cm³/mol. The van der Waals surface area contributed by atoms with Crippen LogP contribution in [0.4, 0.5) is 0 Å². The van der Waals surface area contributed by atoms with Gasteiger partial charge in [-0.3, -0.25) is 0 Å². The van der Waals surface area contributed by atoms with Gasteiger partial charge in [0, 0.05) is 17.8 Å². The summed E-state index contributed by atoms with van der Waals surface area (Å²) in [4.78, 5) is 21.3. The Kier molecular flexibility index (Phi) is 3.49. The van der Waals surface area contributed by atoms with E-state index in [1.807, 2.05) is 13.8 Å². The maximum atomic E-state index is 8.84. The molecule has 0 spiro atoms. The van der Waals surface area contributed by atoms with Crippen molar-refractivity contribution in [3.8, 4) is 6.01 Å². The van der Waals surface area contributed by atoms with Crippen LogP contribution in [0.15, 0.2) is 0 Å². The first-order valence-electron chi connectivity index (χ1n) is 3.67. The third-order valence-electron chi connectivity index (χ3n) is 1.26. The van der Waals surface area contributed by atoms with E-state index in [4.69, 9.17) is 21.4 Å². The van der Waals surface area contributed by atoms with E-state index in [9.17, 15) is 0 Å². The minimum Gasteiger partial charge on any atom is -0.388 e. The summed E-state index contributed by atoms with van der Waals surface area (Å²) in [7, 11) is 0. The molecule has 0 amide bonds. The second kappa shape index (κ2) is 4.12. The van der Waals surface area contributed by atoms with Crippen LogP contribution in [0.25, 0.3) is 0 Å². The van der Waals surface area contributed by atoms with Gasteiger partial charge < -0.3 is 14.3 Å². The van der Waals surface area contributed by atoms with Crippen molar-refractivity contribution in [2.75, 3.05) is 0 Å². The van der Waals surface area contributed by atoms with E-state index in [1.165, 1.54) is 4.68 Å². The third-order valence-corrected chi connectivity index (χ3v) is 2.14. The summed E-state index contributed by atoms with van der Waals surface area (Å²) in [6, 6.07) is -0.223. The quantitative estimate of drug-likeness (QED) is 0.790. The van der Waals surface area contributed by atoms with Gasteiger partial charge in [0.15, 0.2) is 0 Å². The van der Waals surface area contributed by atoms with Gasteiger partial charge in [-0.2, -0.15) is 4.98 Å². The SMILES string of the molecule is CC(C)n1nc(OP(O)(O)=S)nc1Cl. The average molecular weight is 258 g/mol. The molecule has 1 heterocycles. The van der Waals surface area contributed by atoms with Gasteiger partial charge >= 0.3 is 12.7 Å². The van der Waals surface area contributed by atoms with E-state index in [0.29, 0.717) is 0 Å². The van der Waals surface area contributed by atoms with Crippen molar-refractivity contribution in [2.24, 2.45) is 0 Å². The van der Waals surface area contributed by atoms with Crippen LogP contribution in [0.1, 0.15) is 19.9 Å². The molecular weight excluding hydrogens is 249 g/mol. The van der Waals surface area contributed by atoms with Crippen molar-refractivity contribution in [3.05, 3.63) is 5.28 Å². The number of rotatable bonds is 3. The summed E-state index contributed by atoms with van der Waals surface area (Å²) in [6.07, 6.45) is 0. The number of halogens is 1. The van der Waals surface area contributed by atoms with Crippen molar-refractivity contribution in [1.82, 2.24) is 14.8 Å². The second-order valence-corrected chi connectivity index (χ2v) is 5.71. The smallest absolute Gasteiger partial charge is 0.377 e. The first-order valence-corrected chi connectivity index (χ1v) is 6.67. The largest absolute Gasteiger partial charge is 0.388 e. The van der Waals surface area contributed by atoms with Crippen molar-refractivity contribution in [1.29, 1.82) is 0 Å². The summed E-state index contributed by atoms with van der Waals surface area (Å²) in [6.45, 7) is -0.0969. The Bertz CT molecular complexity index is 376. The fraction of sp³-hybridized carbons (Fsp3) is 0.600. The highest BCUT2D eigenvalue weighted by Crippen LogP contribution is 2.36. The van der Waals surface area contributed by atoms with E-state index in [-0.39, 0.29) is 17.3 Å². The number of hydrogen-bond acceptors (Lipinski definition) is 4. The van der Waals surface area contributed by atoms with Gasteiger partial charge in [0.25, 0.3) is 0 Å². The van der Waals surface area contributed by atoms with Crippen LogP contribution in [-0.4, -0.2) is 24.6 Å². The number of nitrogens with zero attached hydrogens (tertiary/aromatic N) is 3. The molecule has 0 fully saturated rings. The van der Waals surface area contributed by atoms with E-state index < -0.39 is 6.72 Å². The van der Waals surface area contributed by atoms with Crippen molar-refractivity contribution >= 4 is 30.1 Å².